The maximum Gasteiger partial charge on any atom is 0.223 e. The lowest BCUT2D eigenvalue weighted by atomic mass is 10.2. The zero-order chi connectivity index (χ0) is 14.4. The fourth-order valence-corrected chi connectivity index (χ4v) is 1.92. The van der Waals surface area contributed by atoms with Crippen LogP contribution in [0.15, 0.2) is 36.5 Å². The Morgan fingerprint density at radius 2 is 2.20 bits per heavy atom. The van der Waals surface area contributed by atoms with Crippen molar-refractivity contribution >= 4 is 11.6 Å². The van der Waals surface area contributed by atoms with Crippen molar-refractivity contribution in [1.82, 2.24) is 10.3 Å². The van der Waals surface area contributed by atoms with Gasteiger partial charge in [0.2, 0.25) is 5.88 Å². The van der Waals surface area contributed by atoms with Crippen LogP contribution in [0.3, 0.4) is 0 Å². The lowest BCUT2D eigenvalue weighted by molar-refractivity contribution is 0.451. The van der Waals surface area contributed by atoms with E-state index in [1.54, 1.807) is 6.20 Å². The van der Waals surface area contributed by atoms with Crippen LogP contribution in [0.4, 0.5) is 4.39 Å². The number of pyridine rings is 1. The van der Waals surface area contributed by atoms with Crippen LogP contribution in [0.25, 0.3) is 0 Å². The average molecular weight is 295 g/mol. The number of benzene rings is 1. The van der Waals surface area contributed by atoms with E-state index in [-0.39, 0.29) is 5.02 Å². The molecule has 0 aliphatic rings. The minimum absolute atomic E-state index is 0.225. The van der Waals surface area contributed by atoms with Crippen LogP contribution in [0.1, 0.15) is 18.9 Å². The molecule has 1 aromatic carbocycles. The number of nitrogens with zero attached hydrogens (tertiary/aromatic N) is 1. The highest BCUT2D eigenvalue weighted by Gasteiger charge is 2.09. The Morgan fingerprint density at radius 1 is 1.35 bits per heavy atom. The molecule has 0 radical (unpaired) electrons. The highest BCUT2D eigenvalue weighted by Crippen LogP contribution is 2.30. The van der Waals surface area contributed by atoms with Crippen molar-refractivity contribution in [2.75, 3.05) is 6.54 Å². The molecule has 0 amide bonds. The average Bonchev–Trinajstić information content (AvgIpc) is 2.44. The molecule has 2 rings (SSSR count). The van der Waals surface area contributed by atoms with Crippen molar-refractivity contribution in [3.05, 3.63) is 52.9 Å². The summed E-state index contributed by atoms with van der Waals surface area (Å²) in [4.78, 5) is 4.20. The van der Waals surface area contributed by atoms with Gasteiger partial charge in [0.05, 0.1) is 5.02 Å². The zero-order valence-corrected chi connectivity index (χ0v) is 12.0. The first-order valence-corrected chi connectivity index (χ1v) is 6.86. The lowest BCUT2D eigenvalue weighted by Gasteiger charge is -2.11. The quantitative estimate of drug-likeness (QED) is 0.812. The fraction of sp³-hybridized carbons (Fsp3) is 0.267. The standard InChI is InChI=1S/C15H16ClFN2O/c1-2-7-18-10-11-4-3-8-19-15(11)20-14-6-5-12(17)9-13(14)16/h3-6,8-9,18H,2,7,10H2,1H3. The smallest absolute Gasteiger partial charge is 0.223 e. The molecule has 0 bridgehead atoms. The first-order valence-electron chi connectivity index (χ1n) is 6.48. The minimum Gasteiger partial charge on any atom is -0.437 e. The van der Waals surface area contributed by atoms with Gasteiger partial charge in [-0.3, -0.25) is 0 Å². The molecule has 0 aliphatic carbocycles. The molecule has 0 saturated carbocycles. The maximum atomic E-state index is 13.0. The Hall–Kier alpha value is -1.65. The number of halogens is 2. The zero-order valence-electron chi connectivity index (χ0n) is 11.2. The number of hydrogen-bond acceptors (Lipinski definition) is 3. The van der Waals surface area contributed by atoms with Crippen molar-refractivity contribution in [2.24, 2.45) is 0 Å². The van der Waals surface area contributed by atoms with E-state index in [9.17, 15) is 4.39 Å². The Bertz CT molecular complexity index is 578. The van der Waals surface area contributed by atoms with Gasteiger partial charge in [0.1, 0.15) is 11.6 Å². The van der Waals surface area contributed by atoms with Crippen LogP contribution in [-0.4, -0.2) is 11.5 Å². The van der Waals surface area contributed by atoms with Crippen molar-refractivity contribution < 1.29 is 9.13 Å². The van der Waals surface area contributed by atoms with Gasteiger partial charge in [-0.25, -0.2) is 9.37 Å². The SMILES string of the molecule is CCCNCc1cccnc1Oc1ccc(F)cc1Cl. The Labute approximate surface area is 122 Å². The predicted molar refractivity (Wildman–Crippen MR) is 77.7 cm³/mol. The summed E-state index contributed by atoms with van der Waals surface area (Å²) in [6.07, 6.45) is 2.70. The van der Waals surface area contributed by atoms with Gasteiger partial charge >= 0.3 is 0 Å². The Balaban J connectivity index is 2.16. The molecule has 5 heteroatoms. The maximum absolute atomic E-state index is 13.0. The van der Waals surface area contributed by atoms with Gasteiger partial charge < -0.3 is 10.1 Å². The van der Waals surface area contributed by atoms with Crippen molar-refractivity contribution in [3.8, 4) is 11.6 Å². The number of hydrogen-bond donors (Lipinski definition) is 1. The topological polar surface area (TPSA) is 34.2 Å². The first-order chi connectivity index (χ1) is 9.70. The van der Waals surface area contributed by atoms with Crippen molar-refractivity contribution in [2.45, 2.75) is 19.9 Å². The molecule has 20 heavy (non-hydrogen) atoms. The summed E-state index contributed by atoms with van der Waals surface area (Å²) in [6.45, 7) is 3.69. The lowest BCUT2D eigenvalue weighted by Crippen LogP contribution is -2.14. The normalized spacial score (nSPS) is 10.6. The van der Waals surface area contributed by atoms with Gasteiger partial charge in [-0.2, -0.15) is 0 Å². The van der Waals surface area contributed by atoms with E-state index in [4.69, 9.17) is 16.3 Å². The van der Waals surface area contributed by atoms with Crippen LogP contribution in [0.5, 0.6) is 11.6 Å². The molecule has 1 N–H and O–H groups in total. The van der Waals surface area contributed by atoms with Gasteiger partial charge in [-0.1, -0.05) is 24.6 Å². The van der Waals surface area contributed by atoms with Crippen LogP contribution in [-0.2, 0) is 6.54 Å². The molecule has 0 spiro atoms. The Morgan fingerprint density at radius 3 is 2.95 bits per heavy atom. The summed E-state index contributed by atoms with van der Waals surface area (Å²) >= 11 is 5.95. The van der Waals surface area contributed by atoms with E-state index in [1.807, 2.05) is 12.1 Å². The summed E-state index contributed by atoms with van der Waals surface area (Å²) in [7, 11) is 0. The van der Waals surface area contributed by atoms with Crippen LogP contribution in [0, 0.1) is 5.82 Å². The fourth-order valence-electron chi connectivity index (χ4n) is 1.71. The molecule has 0 aliphatic heterocycles. The first kappa shape index (κ1) is 14.8. The van der Waals surface area contributed by atoms with Gasteiger partial charge in [0.25, 0.3) is 0 Å². The highest BCUT2D eigenvalue weighted by molar-refractivity contribution is 6.32. The van der Waals surface area contributed by atoms with Gasteiger partial charge in [-0.15, -0.1) is 0 Å². The molecule has 0 saturated heterocycles. The molecule has 106 valence electrons. The second-order valence-corrected chi connectivity index (χ2v) is 4.73. The van der Waals surface area contributed by atoms with Crippen molar-refractivity contribution in [3.63, 3.8) is 0 Å². The number of rotatable bonds is 6. The molecule has 3 nitrogen and oxygen atoms in total. The van der Waals surface area contributed by atoms with E-state index in [2.05, 4.69) is 17.2 Å². The summed E-state index contributed by atoms with van der Waals surface area (Å²) in [5.74, 6) is 0.473. The van der Waals surface area contributed by atoms with E-state index in [0.29, 0.717) is 18.2 Å². The number of nitrogens with one attached hydrogen (secondary N) is 1. The number of ether oxygens (including phenoxy) is 1. The highest BCUT2D eigenvalue weighted by atomic mass is 35.5. The van der Waals surface area contributed by atoms with Crippen molar-refractivity contribution in [1.29, 1.82) is 0 Å². The van der Waals surface area contributed by atoms with Crippen LogP contribution < -0.4 is 10.1 Å². The predicted octanol–water partition coefficient (Wildman–Crippen LogP) is 4.17. The molecular formula is C15H16ClFN2O. The second-order valence-electron chi connectivity index (χ2n) is 4.32. The third-order valence-corrected chi connectivity index (χ3v) is 2.99. The van der Waals surface area contributed by atoms with E-state index in [0.717, 1.165) is 18.5 Å². The largest absolute Gasteiger partial charge is 0.437 e. The number of aromatic nitrogens is 1. The monoisotopic (exact) mass is 294 g/mol. The summed E-state index contributed by atoms with van der Waals surface area (Å²) < 4.78 is 18.7. The molecular weight excluding hydrogens is 279 g/mol. The van der Waals surface area contributed by atoms with Gasteiger partial charge in [-0.05, 0) is 37.2 Å². The van der Waals surface area contributed by atoms with Crippen LogP contribution >= 0.6 is 11.6 Å². The second kappa shape index (κ2) is 7.22. The van der Waals surface area contributed by atoms with E-state index < -0.39 is 5.82 Å². The summed E-state index contributed by atoms with van der Waals surface area (Å²) in [5, 5.41) is 3.51. The molecule has 2 aromatic rings. The minimum atomic E-state index is -0.395. The molecule has 1 heterocycles. The summed E-state index contributed by atoms with van der Waals surface area (Å²) in [5.41, 5.74) is 0.932. The third-order valence-electron chi connectivity index (χ3n) is 2.69. The molecule has 0 atom stereocenters. The molecule has 1 aromatic heterocycles. The van der Waals surface area contributed by atoms with Crippen LogP contribution in [0.2, 0.25) is 5.02 Å². The van der Waals surface area contributed by atoms with E-state index >= 15 is 0 Å². The third kappa shape index (κ3) is 3.92. The van der Waals surface area contributed by atoms with Gasteiger partial charge in [0.15, 0.2) is 0 Å². The Kier molecular flexibility index (Phi) is 5.32. The van der Waals surface area contributed by atoms with Gasteiger partial charge in [0, 0.05) is 18.3 Å². The summed E-state index contributed by atoms with van der Waals surface area (Å²) in [6, 6.07) is 7.80. The molecule has 0 fully saturated rings. The molecule has 0 unspecified atom stereocenters. The van der Waals surface area contributed by atoms with E-state index in [1.165, 1.54) is 18.2 Å².